The lowest BCUT2D eigenvalue weighted by atomic mass is 10.2. The molecule has 54 valence electrons. The van der Waals surface area contributed by atoms with Crippen LogP contribution in [0.5, 0.6) is 0 Å². The van der Waals surface area contributed by atoms with Crippen molar-refractivity contribution in [1.82, 2.24) is 5.32 Å². The Labute approximate surface area is 59.2 Å². The number of ether oxygens (including phenoxy) is 1. The van der Waals surface area contributed by atoms with Crippen molar-refractivity contribution in [2.24, 2.45) is 0 Å². The average molecular weight is 154 g/mol. The van der Waals surface area contributed by atoms with E-state index in [0.29, 0.717) is 13.2 Å². The van der Waals surface area contributed by atoms with Crippen LogP contribution in [0.4, 0.5) is 4.39 Å². The van der Waals surface area contributed by atoms with E-state index >= 15 is 0 Å². The second kappa shape index (κ2) is 2.40. The van der Waals surface area contributed by atoms with E-state index in [1.54, 1.807) is 0 Å². The predicted molar refractivity (Wildman–Crippen MR) is 33.7 cm³/mol. The third-order valence-corrected chi connectivity index (χ3v) is 1.81. The van der Waals surface area contributed by atoms with Gasteiger partial charge in [0.15, 0.2) is 0 Å². The van der Waals surface area contributed by atoms with Crippen molar-refractivity contribution in [2.45, 2.75) is 18.3 Å². The summed E-state index contributed by atoms with van der Waals surface area (Å²) in [4.78, 5) is 0. The Hall–Kier alpha value is 0.140. The number of halogens is 2. The van der Waals surface area contributed by atoms with E-state index in [0.717, 1.165) is 0 Å². The number of nitrogens with one attached hydrogen (secondary N) is 1. The smallest absolute Gasteiger partial charge is 0.145 e. The molecular formula is C5H9ClFNO. The lowest BCUT2D eigenvalue weighted by molar-refractivity contribution is 0.0735. The SMILES string of the molecule is Cl.FC1C2COC1CN2. The van der Waals surface area contributed by atoms with Crippen LogP contribution in [0.15, 0.2) is 0 Å². The van der Waals surface area contributed by atoms with Gasteiger partial charge in [-0.3, -0.25) is 0 Å². The first kappa shape index (κ1) is 7.25. The van der Waals surface area contributed by atoms with Crippen LogP contribution in [-0.2, 0) is 4.74 Å². The fourth-order valence-corrected chi connectivity index (χ4v) is 1.28. The van der Waals surface area contributed by atoms with Gasteiger partial charge in [-0.25, -0.2) is 4.39 Å². The average Bonchev–Trinajstić information content (AvgIpc) is 2.29. The van der Waals surface area contributed by atoms with Gasteiger partial charge in [-0.15, -0.1) is 12.4 Å². The maximum absolute atomic E-state index is 12.6. The number of alkyl halides is 1. The van der Waals surface area contributed by atoms with E-state index in [1.807, 2.05) is 0 Å². The molecule has 0 aromatic heterocycles. The molecule has 2 rings (SSSR count). The van der Waals surface area contributed by atoms with Gasteiger partial charge in [-0.2, -0.15) is 0 Å². The van der Waals surface area contributed by atoms with Crippen LogP contribution in [0.25, 0.3) is 0 Å². The van der Waals surface area contributed by atoms with Crippen LogP contribution in [0.3, 0.4) is 0 Å². The summed E-state index contributed by atoms with van der Waals surface area (Å²) >= 11 is 0. The Balaban J connectivity index is 0.000000405. The van der Waals surface area contributed by atoms with Crippen molar-refractivity contribution in [3.05, 3.63) is 0 Å². The van der Waals surface area contributed by atoms with Crippen molar-refractivity contribution < 1.29 is 9.13 Å². The van der Waals surface area contributed by atoms with Gasteiger partial charge in [0.25, 0.3) is 0 Å². The largest absolute Gasteiger partial charge is 0.372 e. The Bertz CT molecular complexity index is 93.1. The molecule has 3 unspecified atom stereocenters. The van der Waals surface area contributed by atoms with Crippen molar-refractivity contribution in [2.75, 3.05) is 13.2 Å². The summed E-state index contributed by atoms with van der Waals surface area (Å²) in [6.45, 7) is 1.26. The van der Waals surface area contributed by atoms with E-state index in [4.69, 9.17) is 4.74 Å². The van der Waals surface area contributed by atoms with E-state index in [1.165, 1.54) is 0 Å². The standard InChI is InChI=1S/C5H8FNO.ClH/c6-5-3-2-8-4(5)1-7-3;/h3-5,7H,1-2H2;1H. The van der Waals surface area contributed by atoms with Crippen molar-refractivity contribution in [3.63, 3.8) is 0 Å². The molecule has 2 nitrogen and oxygen atoms in total. The highest BCUT2D eigenvalue weighted by Gasteiger charge is 2.42. The maximum atomic E-state index is 12.6. The first-order valence-corrected chi connectivity index (χ1v) is 2.87. The topological polar surface area (TPSA) is 21.3 Å². The summed E-state index contributed by atoms with van der Waals surface area (Å²) in [5, 5.41) is 3.01. The first-order valence-electron chi connectivity index (χ1n) is 2.87. The Morgan fingerprint density at radius 2 is 2.33 bits per heavy atom. The van der Waals surface area contributed by atoms with Crippen molar-refractivity contribution in [3.8, 4) is 0 Å². The molecule has 9 heavy (non-hydrogen) atoms. The molecule has 0 aliphatic carbocycles. The highest BCUT2D eigenvalue weighted by molar-refractivity contribution is 5.85. The predicted octanol–water partition coefficient (Wildman–Crippen LogP) is 0.117. The van der Waals surface area contributed by atoms with Gasteiger partial charge in [0.05, 0.1) is 12.6 Å². The number of fused-ring (bicyclic) bond motifs is 2. The summed E-state index contributed by atoms with van der Waals surface area (Å²) in [7, 11) is 0. The van der Waals surface area contributed by atoms with Crippen LogP contribution in [-0.4, -0.2) is 31.5 Å². The van der Waals surface area contributed by atoms with Crippen LogP contribution in [0.2, 0.25) is 0 Å². The number of hydrogen-bond acceptors (Lipinski definition) is 2. The van der Waals surface area contributed by atoms with E-state index < -0.39 is 6.17 Å². The minimum absolute atomic E-state index is 0. The normalized spacial score (nSPS) is 47.0. The molecule has 2 fully saturated rings. The second-order valence-corrected chi connectivity index (χ2v) is 2.33. The van der Waals surface area contributed by atoms with Crippen LogP contribution in [0, 0.1) is 0 Å². The number of rotatable bonds is 0. The zero-order chi connectivity index (χ0) is 5.56. The minimum atomic E-state index is -0.741. The van der Waals surface area contributed by atoms with Crippen molar-refractivity contribution >= 4 is 12.4 Å². The molecule has 0 amide bonds. The summed E-state index contributed by atoms with van der Waals surface area (Å²) in [5.74, 6) is 0. The van der Waals surface area contributed by atoms with Crippen LogP contribution < -0.4 is 5.32 Å². The molecule has 2 bridgehead atoms. The van der Waals surface area contributed by atoms with Crippen LogP contribution in [0.1, 0.15) is 0 Å². The van der Waals surface area contributed by atoms with E-state index in [-0.39, 0.29) is 24.6 Å². The van der Waals surface area contributed by atoms with Gasteiger partial charge >= 0.3 is 0 Å². The molecule has 2 aliphatic rings. The lowest BCUT2D eigenvalue weighted by Crippen LogP contribution is -2.31. The van der Waals surface area contributed by atoms with Gasteiger partial charge in [0.2, 0.25) is 0 Å². The fourth-order valence-electron chi connectivity index (χ4n) is 1.28. The lowest BCUT2D eigenvalue weighted by Gasteiger charge is -2.08. The molecule has 0 spiro atoms. The third-order valence-electron chi connectivity index (χ3n) is 1.81. The summed E-state index contributed by atoms with van der Waals surface area (Å²) in [6.07, 6.45) is -0.880. The van der Waals surface area contributed by atoms with Crippen molar-refractivity contribution in [1.29, 1.82) is 0 Å². The van der Waals surface area contributed by atoms with E-state index in [2.05, 4.69) is 5.32 Å². The minimum Gasteiger partial charge on any atom is -0.372 e. The molecule has 2 saturated heterocycles. The van der Waals surface area contributed by atoms with Gasteiger partial charge < -0.3 is 10.1 Å². The Morgan fingerprint density at radius 1 is 1.56 bits per heavy atom. The monoisotopic (exact) mass is 153 g/mol. The molecule has 0 aromatic rings. The van der Waals surface area contributed by atoms with Gasteiger partial charge in [0, 0.05) is 6.54 Å². The molecule has 2 heterocycles. The molecule has 0 aromatic carbocycles. The molecule has 0 saturated carbocycles. The molecular weight excluding hydrogens is 145 g/mol. The maximum Gasteiger partial charge on any atom is 0.145 e. The van der Waals surface area contributed by atoms with Gasteiger partial charge in [-0.05, 0) is 0 Å². The van der Waals surface area contributed by atoms with Gasteiger partial charge in [0.1, 0.15) is 12.3 Å². The van der Waals surface area contributed by atoms with Gasteiger partial charge in [-0.1, -0.05) is 0 Å². The first-order chi connectivity index (χ1) is 3.88. The quantitative estimate of drug-likeness (QED) is 0.534. The zero-order valence-corrected chi connectivity index (χ0v) is 5.66. The Kier molecular flexibility index (Phi) is 1.94. The second-order valence-electron chi connectivity index (χ2n) is 2.33. The van der Waals surface area contributed by atoms with Crippen LogP contribution >= 0.6 is 12.4 Å². The molecule has 1 N–H and O–H groups in total. The molecule has 4 heteroatoms. The molecule has 2 aliphatic heterocycles. The zero-order valence-electron chi connectivity index (χ0n) is 4.84. The molecule has 3 atom stereocenters. The number of hydrogen-bond donors (Lipinski definition) is 1. The highest BCUT2D eigenvalue weighted by atomic mass is 35.5. The molecule has 0 radical (unpaired) electrons. The summed E-state index contributed by atoms with van der Waals surface area (Å²) in [6, 6.07) is -0.000000000000000222. The highest BCUT2D eigenvalue weighted by Crippen LogP contribution is 2.22. The summed E-state index contributed by atoms with van der Waals surface area (Å²) < 4.78 is 17.6. The van der Waals surface area contributed by atoms with E-state index in [9.17, 15) is 4.39 Å². The number of morpholine rings is 1. The fraction of sp³-hybridized carbons (Fsp3) is 1.00. The Morgan fingerprint density at radius 3 is 2.44 bits per heavy atom. The third kappa shape index (κ3) is 0.933. The summed E-state index contributed by atoms with van der Waals surface area (Å²) in [5.41, 5.74) is 0.